The molecule has 0 aromatic heterocycles. The maximum absolute atomic E-state index is 10.9. The summed E-state index contributed by atoms with van der Waals surface area (Å²) in [5, 5.41) is 2.90. The Morgan fingerprint density at radius 3 is 2.12 bits per heavy atom. The lowest BCUT2D eigenvalue weighted by atomic mass is 10.1. The number of hydrogen-bond donors (Lipinski definition) is 1. The fourth-order valence-electron chi connectivity index (χ4n) is 1.61. The van der Waals surface area contributed by atoms with Crippen LogP contribution in [0.3, 0.4) is 0 Å². The number of amides is 1. The van der Waals surface area contributed by atoms with Crippen molar-refractivity contribution in [2.75, 3.05) is 20.3 Å². The summed E-state index contributed by atoms with van der Waals surface area (Å²) in [6, 6.07) is 0. The first-order valence-corrected chi connectivity index (χ1v) is 6.57. The SMILES string of the molecule is CCC(=O)NCCCCCCCCCOC. The molecule has 0 spiro atoms. The highest BCUT2D eigenvalue weighted by atomic mass is 16.5. The van der Waals surface area contributed by atoms with Crippen molar-refractivity contribution in [2.45, 2.75) is 58.3 Å². The predicted octanol–water partition coefficient (Wildman–Crippen LogP) is 2.89. The van der Waals surface area contributed by atoms with Gasteiger partial charge in [-0.05, 0) is 12.8 Å². The standard InChI is InChI=1S/C13H27NO2/c1-3-13(15)14-11-9-7-5-4-6-8-10-12-16-2/h3-12H2,1-2H3,(H,14,15). The summed E-state index contributed by atoms with van der Waals surface area (Å²) >= 11 is 0. The van der Waals surface area contributed by atoms with Gasteiger partial charge >= 0.3 is 0 Å². The van der Waals surface area contributed by atoms with Gasteiger partial charge in [0.25, 0.3) is 0 Å². The molecule has 96 valence electrons. The number of hydrogen-bond acceptors (Lipinski definition) is 2. The number of carbonyl (C=O) groups is 1. The first kappa shape index (κ1) is 15.4. The van der Waals surface area contributed by atoms with Crippen LogP contribution in [-0.4, -0.2) is 26.2 Å². The van der Waals surface area contributed by atoms with Gasteiger partial charge < -0.3 is 10.1 Å². The Morgan fingerprint density at radius 2 is 1.56 bits per heavy atom. The van der Waals surface area contributed by atoms with Crippen LogP contribution in [0.25, 0.3) is 0 Å². The van der Waals surface area contributed by atoms with E-state index in [4.69, 9.17) is 4.74 Å². The zero-order valence-electron chi connectivity index (χ0n) is 10.9. The average molecular weight is 229 g/mol. The van der Waals surface area contributed by atoms with E-state index in [1.165, 1.54) is 38.5 Å². The van der Waals surface area contributed by atoms with E-state index in [9.17, 15) is 4.79 Å². The lowest BCUT2D eigenvalue weighted by molar-refractivity contribution is -0.120. The van der Waals surface area contributed by atoms with Gasteiger partial charge in [-0.15, -0.1) is 0 Å². The average Bonchev–Trinajstić information content (AvgIpc) is 2.31. The van der Waals surface area contributed by atoms with Crippen molar-refractivity contribution in [3.8, 4) is 0 Å². The minimum absolute atomic E-state index is 0.166. The largest absolute Gasteiger partial charge is 0.385 e. The van der Waals surface area contributed by atoms with Crippen LogP contribution in [0.1, 0.15) is 58.3 Å². The lowest BCUT2D eigenvalue weighted by Crippen LogP contribution is -2.23. The van der Waals surface area contributed by atoms with E-state index in [0.717, 1.165) is 19.6 Å². The molecule has 0 aliphatic rings. The van der Waals surface area contributed by atoms with Crippen molar-refractivity contribution in [3.05, 3.63) is 0 Å². The van der Waals surface area contributed by atoms with Gasteiger partial charge in [0.05, 0.1) is 0 Å². The number of carbonyl (C=O) groups excluding carboxylic acids is 1. The smallest absolute Gasteiger partial charge is 0.219 e. The Morgan fingerprint density at radius 1 is 1.00 bits per heavy atom. The van der Waals surface area contributed by atoms with Gasteiger partial charge in [-0.1, -0.05) is 39.0 Å². The molecule has 0 aromatic carbocycles. The normalized spacial score (nSPS) is 10.4. The highest BCUT2D eigenvalue weighted by molar-refractivity contribution is 5.75. The minimum Gasteiger partial charge on any atom is -0.385 e. The van der Waals surface area contributed by atoms with Crippen LogP contribution in [0.2, 0.25) is 0 Å². The van der Waals surface area contributed by atoms with Crippen LogP contribution in [0.4, 0.5) is 0 Å². The van der Waals surface area contributed by atoms with E-state index in [1.54, 1.807) is 7.11 Å². The molecule has 0 aliphatic carbocycles. The first-order chi connectivity index (χ1) is 7.81. The van der Waals surface area contributed by atoms with Crippen LogP contribution in [-0.2, 0) is 9.53 Å². The molecule has 0 saturated heterocycles. The maximum atomic E-state index is 10.9. The minimum atomic E-state index is 0.166. The molecular formula is C13H27NO2. The van der Waals surface area contributed by atoms with Crippen LogP contribution in [0.5, 0.6) is 0 Å². The third kappa shape index (κ3) is 11.5. The summed E-state index contributed by atoms with van der Waals surface area (Å²) in [4.78, 5) is 10.9. The third-order valence-corrected chi connectivity index (χ3v) is 2.67. The zero-order chi connectivity index (χ0) is 12.1. The van der Waals surface area contributed by atoms with Crippen molar-refractivity contribution < 1.29 is 9.53 Å². The first-order valence-electron chi connectivity index (χ1n) is 6.57. The van der Waals surface area contributed by atoms with Gasteiger partial charge in [0.2, 0.25) is 5.91 Å². The fraction of sp³-hybridized carbons (Fsp3) is 0.923. The number of nitrogens with one attached hydrogen (secondary N) is 1. The van der Waals surface area contributed by atoms with E-state index in [-0.39, 0.29) is 5.91 Å². The van der Waals surface area contributed by atoms with Gasteiger partial charge in [-0.2, -0.15) is 0 Å². The van der Waals surface area contributed by atoms with Crippen LogP contribution in [0, 0.1) is 0 Å². The molecule has 0 rings (SSSR count). The summed E-state index contributed by atoms with van der Waals surface area (Å²) < 4.78 is 4.99. The number of methoxy groups -OCH3 is 1. The Labute approximate surface area is 99.9 Å². The second kappa shape index (κ2) is 12.5. The fourth-order valence-corrected chi connectivity index (χ4v) is 1.61. The van der Waals surface area contributed by atoms with Crippen molar-refractivity contribution in [2.24, 2.45) is 0 Å². The van der Waals surface area contributed by atoms with E-state index in [1.807, 2.05) is 6.92 Å². The molecule has 0 bridgehead atoms. The van der Waals surface area contributed by atoms with Crippen molar-refractivity contribution in [3.63, 3.8) is 0 Å². The summed E-state index contributed by atoms with van der Waals surface area (Å²) in [6.07, 6.45) is 9.31. The summed E-state index contributed by atoms with van der Waals surface area (Å²) in [5.41, 5.74) is 0. The monoisotopic (exact) mass is 229 g/mol. The molecule has 0 heterocycles. The second-order valence-corrected chi connectivity index (χ2v) is 4.17. The zero-order valence-corrected chi connectivity index (χ0v) is 10.9. The summed E-state index contributed by atoms with van der Waals surface area (Å²) in [5.74, 6) is 0.166. The molecule has 3 nitrogen and oxygen atoms in total. The lowest BCUT2D eigenvalue weighted by Gasteiger charge is -2.03. The molecule has 0 radical (unpaired) electrons. The molecular weight excluding hydrogens is 202 g/mol. The molecule has 16 heavy (non-hydrogen) atoms. The topological polar surface area (TPSA) is 38.3 Å². The maximum Gasteiger partial charge on any atom is 0.219 e. The Hall–Kier alpha value is -0.570. The Bertz CT molecular complexity index is 160. The van der Waals surface area contributed by atoms with Crippen LogP contribution < -0.4 is 5.32 Å². The summed E-state index contributed by atoms with van der Waals surface area (Å²) in [7, 11) is 1.75. The molecule has 0 fully saturated rings. The Balaban J connectivity index is 2.96. The molecule has 3 heteroatoms. The van der Waals surface area contributed by atoms with Crippen LogP contribution in [0.15, 0.2) is 0 Å². The van der Waals surface area contributed by atoms with Gasteiger partial charge in [0, 0.05) is 26.7 Å². The number of unbranched alkanes of at least 4 members (excludes halogenated alkanes) is 6. The van der Waals surface area contributed by atoms with Crippen molar-refractivity contribution >= 4 is 5.91 Å². The van der Waals surface area contributed by atoms with Crippen molar-refractivity contribution in [1.29, 1.82) is 0 Å². The molecule has 0 aromatic rings. The Kier molecular flexibility index (Phi) is 12.1. The second-order valence-electron chi connectivity index (χ2n) is 4.17. The van der Waals surface area contributed by atoms with Gasteiger partial charge in [-0.25, -0.2) is 0 Å². The van der Waals surface area contributed by atoms with Crippen LogP contribution >= 0.6 is 0 Å². The predicted molar refractivity (Wildman–Crippen MR) is 67.5 cm³/mol. The van der Waals surface area contributed by atoms with Gasteiger partial charge in [-0.3, -0.25) is 4.79 Å². The molecule has 0 atom stereocenters. The molecule has 1 N–H and O–H groups in total. The highest BCUT2D eigenvalue weighted by Crippen LogP contribution is 2.06. The molecule has 0 aliphatic heterocycles. The third-order valence-electron chi connectivity index (χ3n) is 2.67. The van der Waals surface area contributed by atoms with E-state index >= 15 is 0 Å². The van der Waals surface area contributed by atoms with Crippen molar-refractivity contribution in [1.82, 2.24) is 5.32 Å². The number of rotatable bonds is 11. The summed E-state index contributed by atoms with van der Waals surface area (Å²) in [6.45, 7) is 3.62. The highest BCUT2D eigenvalue weighted by Gasteiger charge is 1.95. The van der Waals surface area contributed by atoms with E-state index in [0.29, 0.717) is 6.42 Å². The van der Waals surface area contributed by atoms with Gasteiger partial charge in [0.15, 0.2) is 0 Å². The number of ether oxygens (including phenoxy) is 1. The van der Waals surface area contributed by atoms with E-state index < -0.39 is 0 Å². The molecule has 1 amide bonds. The quantitative estimate of drug-likeness (QED) is 0.553. The van der Waals surface area contributed by atoms with E-state index in [2.05, 4.69) is 5.32 Å². The molecule has 0 unspecified atom stereocenters. The molecule has 0 saturated carbocycles. The van der Waals surface area contributed by atoms with Gasteiger partial charge in [0.1, 0.15) is 0 Å².